The lowest BCUT2D eigenvalue weighted by Gasteiger charge is -2.17. The molecule has 0 radical (unpaired) electrons. The summed E-state index contributed by atoms with van der Waals surface area (Å²) in [6.45, 7) is 4.56. The molecule has 0 saturated carbocycles. The van der Waals surface area contributed by atoms with E-state index in [9.17, 15) is 4.79 Å². The number of hydrogen-bond donors (Lipinski definition) is 2. The fourth-order valence-electron chi connectivity index (χ4n) is 2.79. The average molecular weight is 352 g/mol. The van der Waals surface area contributed by atoms with Crippen molar-refractivity contribution in [3.05, 3.63) is 65.4 Å². The Balaban J connectivity index is 1.40. The quantitative estimate of drug-likeness (QED) is 0.686. The highest BCUT2D eigenvalue weighted by atomic mass is 16.5. The summed E-state index contributed by atoms with van der Waals surface area (Å²) in [5.74, 6) is 0. The fraction of sp³-hybridized carbons (Fsp3) is 0.300. The number of hydrogen-bond acceptors (Lipinski definition) is 4. The SMILES string of the molecule is Cc1ccc2onc(CNC(=O)NCCN(C)Cc3ccccc3)c2c1. The Morgan fingerprint density at radius 3 is 2.77 bits per heavy atom. The molecule has 2 amide bonds. The molecule has 0 spiro atoms. The number of likely N-dealkylation sites (N-methyl/N-ethyl adjacent to an activating group) is 1. The first-order valence-electron chi connectivity index (χ1n) is 8.71. The normalized spacial score (nSPS) is 11.0. The van der Waals surface area contributed by atoms with E-state index in [1.54, 1.807) is 0 Å². The maximum Gasteiger partial charge on any atom is 0.315 e. The van der Waals surface area contributed by atoms with Gasteiger partial charge in [-0.05, 0) is 31.7 Å². The largest absolute Gasteiger partial charge is 0.356 e. The average Bonchev–Trinajstić information content (AvgIpc) is 3.03. The van der Waals surface area contributed by atoms with Crippen LogP contribution in [0.3, 0.4) is 0 Å². The molecule has 0 aliphatic carbocycles. The molecule has 0 atom stereocenters. The topological polar surface area (TPSA) is 70.4 Å². The van der Waals surface area contributed by atoms with Gasteiger partial charge < -0.3 is 20.1 Å². The predicted molar refractivity (Wildman–Crippen MR) is 102 cm³/mol. The maximum atomic E-state index is 12.0. The third-order valence-corrected chi connectivity index (χ3v) is 4.19. The van der Waals surface area contributed by atoms with E-state index in [0.29, 0.717) is 13.1 Å². The molecule has 0 aliphatic rings. The van der Waals surface area contributed by atoms with Crippen molar-refractivity contribution in [3.8, 4) is 0 Å². The number of aryl methyl sites for hydroxylation is 1. The molecule has 0 bridgehead atoms. The molecule has 0 saturated heterocycles. The number of rotatable bonds is 7. The van der Waals surface area contributed by atoms with Crippen LogP contribution in [0.2, 0.25) is 0 Å². The smallest absolute Gasteiger partial charge is 0.315 e. The van der Waals surface area contributed by atoms with Gasteiger partial charge in [-0.1, -0.05) is 47.1 Å². The number of nitrogens with zero attached hydrogens (tertiary/aromatic N) is 2. The van der Waals surface area contributed by atoms with Gasteiger partial charge in [0.15, 0.2) is 5.58 Å². The third kappa shape index (κ3) is 4.83. The summed E-state index contributed by atoms with van der Waals surface area (Å²) < 4.78 is 5.28. The molecule has 0 aliphatic heterocycles. The Kier molecular flexibility index (Phi) is 5.86. The van der Waals surface area contributed by atoms with E-state index in [4.69, 9.17) is 4.52 Å². The highest BCUT2D eigenvalue weighted by molar-refractivity contribution is 5.81. The zero-order valence-electron chi connectivity index (χ0n) is 15.2. The van der Waals surface area contributed by atoms with E-state index < -0.39 is 0 Å². The molecule has 6 heteroatoms. The number of carbonyl (C=O) groups is 1. The highest BCUT2D eigenvalue weighted by Crippen LogP contribution is 2.19. The van der Waals surface area contributed by atoms with Crippen LogP contribution < -0.4 is 10.6 Å². The van der Waals surface area contributed by atoms with E-state index in [1.807, 2.05) is 50.4 Å². The second-order valence-electron chi connectivity index (χ2n) is 6.46. The monoisotopic (exact) mass is 352 g/mol. The number of aromatic nitrogens is 1. The van der Waals surface area contributed by atoms with Crippen molar-refractivity contribution in [1.82, 2.24) is 20.7 Å². The van der Waals surface area contributed by atoms with Crippen molar-refractivity contribution in [3.63, 3.8) is 0 Å². The van der Waals surface area contributed by atoms with Crippen molar-refractivity contribution in [2.24, 2.45) is 0 Å². The summed E-state index contributed by atoms with van der Waals surface area (Å²) in [5, 5.41) is 10.7. The summed E-state index contributed by atoms with van der Waals surface area (Å²) in [6, 6.07) is 15.9. The van der Waals surface area contributed by atoms with E-state index in [1.165, 1.54) is 5.56 Å². The van der Waals surface area contributed by atoms with Crippen LogP contribution in [0.15, 0.2) is 53.1 Å². The van der Waals surface area contributed by atoms with Gasteiger partial charge in [0.1, 0.15) is 5.69 Å². The number of urea groups is 1. The van der Waals surface area contributed by atoms with Gasteiger partial charge in [-0.25, -0.2) is 4.79 Å². The third-order valence-electron chi connectivity index (χ3n) is 4.19. The van der Waals surface area contributed by atoms with Crippen LogP contribution >= 0.6 is 0 Å². The molecule has 26 heavy (non-hydrogen) atoms. The van der Waals surface area contributed by atoms with E-state index in [-0.39, 0.29) is 6.03 Å². The van der Waals surface area contributed by atoms with Crippen LogP contribution in [0.4, 0.5) is 4.79 Å². The van der Waals surface area contributed by atoms with Gasteiger partial charge in [0, 0.05) is 25.0 Å². The Labute approximate surface area is 153 Å². The van der Waals surface area contributed by atoms with E-state index in [0.717, 1.165) is 35.3 Å². The molecule has 0 fully saturated rings. The van der Waals surface area contributed by atoms with Crippen molar-refractivity contribution in [2.45, 2.75) is 20.0 Å². The van der Waals surface area contributed by atoms with Crippen LogP contribution in [0.1, 0.15) is 16.8 Å². The number of fused-ring (bicyclic) bond motifs is 1. The molecule has 6 nitrogen and oxygen atoms in total. The van der Waals surface area contributed by atoms with Crippen LogP contribution in [-0.2, 0) is 13.1 Å². The van der Waals surface area contributed by atoms with Crippen molar-refractivity contribution < 1.29 is 9.32 Å². The second-order valence-corrected chi connectivity index (χ2v) is 6.46. The molecule has 1 aromatic heterocycles. The zero-order valence-corrected chi connectivity index (χ0v) is 15.2. The molecular weight excluding hydrogens is 328 g/mol. The summed E-state index contributed by atoms with van der Waals surface area (Å²) >= 11 is 0. The lowest BCUT2D eigenvalue weighted by Crippen LogP contribution is -2.39. The lowest BCUT2D eigenvalue weighted by molar-refractivity contribution is 0.237. The minimum absolute atomic E-state index is 0.207. The first-order chi connectivity index (χ1) is 12.6. The van der Waals surface area contributed by atoms with Crippen LogP contribution in [0.25, 0.3) is 11.0 Å². The highest BCUT2D eigenvalue weighted by Gasteiger charge is 2.09. The maximum absolute atomic E-state index is 12.0. The first kappa shape index (κ1) is 17.9. The van der Waals surface area contributed by atoms with Gasteiger partial charge >= 0.3 is 6.03 Å². The summed E-state index contributed by atoms with van der Waals surface area (Å²) in [5.41, 5.74) is 3.86. The second kappa shape index (κ2) is 8.49. The number of benzene rings is 2. The molecule has 3 aromatic rings. The van der Waals surface area contributed by atoms with Crippen molar-refractivity contribution in [1.29, 1.82) is 0 Å². The van der Waals surface area contributed by atoms with Gasteiger partial charge in [0.05, 0.1) is 6.54 Å². The number of carbonyl (C=O) groups excluding carboxylic acids is 1. The van der Waals surface area contributed by atoms with Crippen LogP contribution in [0.5, 0.6) is 0 Å². The van der Waals surface area contributed by atoms with Crippen molar-refractivity contribution in [2.75, 3.05) is 20.1 Å². The minimum Gasteiger partial charge on any atom is -0.356 e. The van der Waals surface area contributed by atoms with E-state index >= 15 is 0 Å². The first-order valence-corrected chi connectivity index (χ1v) is 8.71. The minimum atomic E-state index is -0.207. The molecule has 2 N–H and O–H groups in total. The van der Waals surface area contributed by atoms with Gasteiger partial charge in [0.2, 0.25) is 0 Å². The number of nitrogens with one attached hydrogen (secondary N) is 2. The predicted octanol–water partition coefficient (Wildman–Crippen LogP) is 3.07. The van der Waals surface area contributed by atoms with Gasteiger partial charge in [-0.15, -0.1) is 0 Å². The van der Waals surface area contributed by atoms with Crippen LogP contribution in [0, 0.1) is 6.92 Å². The Hall–Kier alpha value is -2.86. The zero-order chi connectivity index (χ0) is 18.4. The molecule has 136 valence electrons. The van der Waals surface area contributed by atoms with E-state index in [2.05, 4.69) is 32.8 Å². The van der Waals surface area contributed by atoms with Crippen LogP contribution in [-0.4, -0.2) is 36.2 Å². The molecular formula is C20H24N4O2. The van der Waals surface area contributed by atoms with Crippen molar-refractivity contribution >= 4 is 17.0 Å². The van der Waals surface area contributed by atoms with Gasteiger partial charge in [0.25, 0.3) is 0 Å². The Bertz CT molecular complexity index is 861. The Morgan fingerprint density at radius 2 is 1.96 bits per heavy atom. The molecule has 3 rings (SSSR count). The molecule has 1 heterocycles. The Morgan fingerprint density at radius 1 is 1.15 bits per heavy atom. The van der Waals surface area contributed by atoms with Gasteiger partial charge in [-0.3, -0.25) is 0 Å². The lowest BCUT2D eigenvalue weighted by atomic mass is 10.1. The molecule has 0 unspecified atom stereocenters. The van der Waals surface area contributed by atoms with Gasteiger partial charge in [-0.2, -0.15) is 0 Å². The summed E-state index contributed by atoms with van der Waals surface area (Å²) in [6.07, 6.45) is 0. The summed E-state index contributed by atoms with van der Waals surface area (Å²) in [4.78, 5) is 14.2. The molecule has 2 aromatic carbocycles. The summed E-state index contributed by atoms with van der Waals surface area (Å²) in [7, 11) is 2.04. The fourth-order valence-corrected chi connectivity index (χ4v) is 2.79. The standard InChI is InChI=1S/C20H24N4O2/c1-15-8-9-19-17(12-15)18(23-26-19)13-22-20(25)21-10-11-24(2)14-16-6-4-3-5-7-16/h3-9,12H,10-11,13-14H2,1-2H3,(H2,21,22,25). The number of amides is 2.